The van der Waals surface area contributed by atoms with Gasteiger partial charge in [0.15, 0.2) is 0 Å². The predicted molar refractivity (Wildman–Crippen MR) is 157 cm³/mol. The molecule has 0 saturated heterocycles. The Bertz CT molecular complexity index is 1070. The number of aromatic hydroxyl groups is 1. The second-order valence-electron chi connectivity index (χ2n) is 15.0. The molecule has 2 nitrogen and oxygen atoms in total. The first-order valence-corrected chi connectivity index (χ1v) is 17.1. The first kappa shape index (κ1) is 29.8. The van der Waals surface area contributed by atoms with Crippen LogP contribution >= 0.6 is 11.8 Å². The van der Waals surface area contributed by atoms with Crippen molar-refractivity contribution < 1.29 is 9.53 Å². The molecule has 0 aliphatic rings. The van der Waals surface area contributed by atoms with Crippen LogP contribution in [-0.2, 0) is 21.7 Å². The highest BCUT2D eigenvalue weighted by molar-refractivity contribution is 7.99. The van der Waals surface area contributed by atoms with Gasteiger partial charge >= 0.3 is 0 Å². The molecule has 1 N–H and O–H groups in total. The molecule has 0 radical (unpaired) electrons. The fraction of sp³-hybridized carbons (Fsp3) is 0.613. The standard InChI is InChI=1S/C31H50O2SSi/c1-28(2,3)20-16-22(30(7,8)9)26(32)24(18-20)34-25-19-21(29(4,5)6)17-23(31(10,11)12)27(25)33-35(13,14)15/h16-19,32H,1-15H3. The number of phenolic OH excluding ortho intramolecular Hbond substituents is 1. The van der Waals surface area contributed by atoms with Gasteiger partial charge in [0.2, 0.25) is 8.32 Å². The SMILES string of the molecule is CC(C)(C)c1cc(Sc2cc(C(C)(C)C)cc(C(C)(C)C)c2O[Si](C)(C)C)c(O)c(C(C)(C)C)c1. The quantitative estimate of drug-likeness (QED) is 0.412. The van der Waals surface area contributed by atoms with E-state index in [-0.39, 0.29) is 21.7 Å². The molecule has 2 aromatic carbocycles. The van der Waals surface area contributed by atoms with Crippen LogP contribution in [0.1, 0.15) is 105 Å². The maximum absolute atomic E-state index is 11.5. The number of hydrogen-bond donors (Lipinski definition) is 1. The van der Waals surface area contributed by atoms with Crippen molar-refractivity contribution in [2.45, 2.75) is 134 Å². The molecule has 0 amide bonds. The predicted octanol–water partition coefficient (Wildman–Crippen LogP) is 9.95. The minimum absolute atomic E-state index is 0.00112. The molecule has 0 fully saturated rings. The molecule has 0 aliphatic carbocycles. The summed E-state index contributed by atoms with van der Waals surface area (Å²) in [6.45, 7) is 33.5. The van der Waals surface area contributed by atoms with Gasteiger partial charge in [-0.05, 0) is 70.1 Å². The number of phenols is 1. The molecule has 0 saturated carbocycles. The zero-order valence-electron chi connectivity index (χ0n) is 25.1. The van der Waals surface area contributed by atoms with Gasteiger partial charge in [0.1, 0.15) is 11.5 Å². The van der Waals surface area contributed by atoms with Crippen LogP contribution in [0.2, 0.25) is 19.6 Å². The number of benzene rings is 2. The first-order chi connectivity index (χ1) is 15.4. The summed E-state index contributed by atoms with van der Waals surface area (Å²) in [6.07, 6.45) is 0. The summed E-state index contributed by atoms with van der Waals surface area (Å²) in [5.41, 5.74) is 4.48. The van der Waals surface area contributed by atoms with Crippen molar-refractivity contribution in [3.05, 3.63) is 46.5 Å². The highest BCUT2D eigenvalue weighted by atomic mass is 32.2. The van der Waals surface area contributed by atoms with Crippen LogP contribution in [0.4, 0.5) is 0 Å². The number of hydrogen-bond acceptors (Lipinski definition) is 3. The van der Waals surface area contributed by atoms with Crippen molar-refractivity contribution in [2.24, 2.45) is 0 Å². The summed E-state index contributed by atoms with van der Waals surface area (Å²) >= 11 is 1.65. The molecule has 0 unspecified atom stereocenters. The minimum atomic E-state index is -1.89. The van der Waals surface area contributed by atoms with Crippen LogP contribution in [0.3, 0.4) is 0 Å². The fourth-order valence-corrected chi connectivity index (χ4v) is 5.85. The lowest BCUT2D eigenvalue weighted by Gasteiger charge is -2.32. The van der Waals surface area contributed by atoms with Crippen molar-refractivity contribution in [3.63, 3.8) is 0 Å². The molecule has 2 rings (SSSR count). The van der Waals surface area contributed by atoms with Crippen LogP contribution in [0.15, 0.2) is 34.1 Å². The summed E-state index contributed by atoms with van der Waals surface area (Å²) in [5, 5.41) is 11.5. The van der Waals surface area contributed by atoms with E-state index >= 15 is 0 Å². The Balaban J connectivity index is 2.92. The second kappa shape index (κ2) is 9.48. The van der Waals surface area contributed by atoms with Crippen LogP contribution in [0.25, 0.3) is 0 Å². The monoisotopic (exact) mass is 514 g/mol. The molecule has 196 valence electrons. The van der Waals surface area contributed by atoms with E-state index in [9.17, 15) is 5.11 Å². The lowest BCUT2D eigenvalue weighted by Crippen LogP contribution is -2.31. The lowest BCUT2D eigenvalue weighted by atomic mass is 9.80. The molecule has 2 aromatic rings. The van der Waals surface area contributed by atoms with E-state index in [0.717, 1.165) is 21.1 Å². The van der Waals surface area contributed by atoms with Gasteiger partial charge in [0, 0.05) is 5.56 Å². The zero-order chi connectivity index (χ0) is 27.4. The normalized spacial score (nSPS) is 13.8. The highest BCUT2D eigenvalue weighted by Crippen LogP contribution is 2.49. The van der Waals surface area contributed by atoms with Gasteiger partial charge in [-0.3, -0.25) is 0 Å². The average Bonchev–Trinajstić information content (AvgIpc) is 2.59. The summed E-state index contributed by atoms with van der Waals surface area (Å²) in [4.78, 5) is 1.99. The fourth-order valence-electron chi connectivity index (χ4n) is 3.89. The van der Waals surface area contributed by atoms with Crippen LogP contribution in [0.5, 0.6) is 11.5 Å². The third-order valence-corrected chi connectivity index (χ3v) is 7.98. The highest BCUT2D eigenvalue weighted by Gasteiger charge is 2.31. The Kier molecular flexibility index (Phi) is 8.08. The summed E-state index contributed by atoms with van der Waals surface area (Å²) in [6, 6.07) is 8.99. The van der Waals surface area contributed by atoms with Crippen LogP contribution < -0.4 is 4.43 Å². The van der Waals surface area contributed by atoms with E-state index in [0.29, 0.717) is 5.75 Å². The van der Waals surface area contributed by atoms with Gasteiger partial charge in [0.25, 0.3) is 0 Å². The van der Waals surface area contributed by atoms with Gasteiger partial charge < -0.3 is 9.53 Å². The van der Waals surface area contributed by atoms with E-state index in [1.807, 2.05) is 0 Å². The van der Waals surface area contributed by atoms with Crippen molar-refractivity contribution in [1.29, 1.82) is 0 Å². The molecule has 0 bridgehead atoms. The average molecular weight is 515 g/mol. The van der Waals surface area contributed by atoms with E-state index in [1.54, 1.807) is 11.8 Å². The van der Waals surface area contributed by atoms with Gasteiger partial charge in [-0.1, -0.05) is 107 Å². The van der Waals surface area contributed by atoms with E-state index in [2.05, 4.69) is 127 Å². The molecule has 0 atom stereocenters. The van der Waals surface area contributed by atoms with Crippen molar-refractivity contribution in [2.75, 3.05) is 0 Å². The molecule has 0 heterocycles. The van der Waals surface area contributed by atoms with Crippen molar-refractivity contribution in [3.8, 4) is 11.5 Å². The largest absolute Gasteiger partial charge is 0.543 e. The van der Waals surface area contributed by atoms with Crippen molar-refractivity contribution >= 4 is 20.1 Å². The minimum Gasteiger partial charge on any atom is -0.543 e. The third-order valence-electron chi connectivity index (χ3n) is 6.11. The first-order valence-electron chi connectivity index (χ1n) is 12.8. The van der Waals surface area contributed by atoms with E-state index < -0.39 is 8.32 Å². The van der Waals surface area contributed by atoms with E-state index in [1.165, 1.54) is 16.7 Å². The Morgan fingerprint density at radius 1 is 0.600 bits per heavy atom. The van der Waals surface area contributed by atoms with Crippen LogP contribution in [0, 0.1) is 0 Å². The molecule has 35 heavy (non-hydrogen) atoms. The summed E-state index contributed by atoms with van der Waals surface area (Å²) < 4.78 is 6.80. The zero-order valence-corrected chi connectivity index (χ0v) is 26.9. The molecular formula is C31H50O2SSi. The van der Waals surface area contributed by atoms with Gasteiger partial charge in [-0.25, -0.2) is 0 Å². The van der Waals surface area contributed by atoms with Gasteiger partial charge in [-0.2, -0.15) is 0 Å². The summed E-state index contributed by atoms with van der Waals surface area (Å²) in [5.74, 6) is 1.36. The Hall–Kier alpha value is -1.39. The Morgan fingerprint density at radius 2 is 1.00 bits per heavy atom. The summed E-state index contributed by atoms with van der Waals surface area (Å²) in [7, 11) is -1.89. The topological polar surface area (TPSA) is 29.5 Å². The second-order valence-corrected chi connectivity index (χ2v) is 20.6. The molecular weight excluding hydrogens is 464 g/mol. The van der Waals surface area contributed by atoms with Gasteiger partial charge in [-0.15, -0.1) is 0 Å². The molecule has 4 heteroatoms. The molecule has 0 spiro atoms. The number of rotatable bonds is 4. The lowest BCUT2D eigenvalue weighted by molar-refractivity contribution is 0.432. The van der Waals surface area contributed by atoms with Crippen LogP contribution in [-0.4, -0.2) is 13.4 Å². The van der Waals surface area contributed by atoms with E-state index in [4.69, 9.17) is 4.43 Å². The smallest absolute Gasteiger partial charge is 0.242 e. The van der Waals surface area contributed by atoms with Gasteiger partial charge in [0.05, 0.1) is 9.79 Å². The third kappa shape index (κ3) is 7.55. The maximum atomic E-state index is 11.5. The Morgan fingerprint density at radius 3 is 1.37 bits per heavy atom. The Labute approximate surface area is 221 Å². The van der Waals surface area contributed by atoms with Crippen molar-refractivity contribution in [1.82, 2.24) is 0 Å². The molecule has 0 aliphatic heterocycles. The maximum Gasteiger partial charge on any atom is 0.242 e. The molecule has 0 aromatic heterocycles.